The molecule has 5 heteroatoms. The highest BCUT2D eigenvalue weighted by Gasteiger charge is 2.29. The van der Waals surface area contributed by atoms with E-state index >= 15 is 0 Å². The molecular formula is C17H21N3O2. The van der Waals surface area contributed by atoms with Crippen LogP contribution in [0.4, 0.5) is 0 Å². The van der Waals surface area contributed by atoms with Crippen molar-refractivity contribution in [3.63, 3.8) is 0 Å². The lowest BCUT2D eigenvalue weighted by atomic mass is 9.85. The first kappa shape index (κ1) is 14.8. The second kappa shape index (κ2) is 6.32. The van der Waals surface area contributed by atoms with Crippen molar-refractivity contribution in [3.8, 4) is 5.82 Å². The van der Waals surface area contributed by atoms with Crippen molar-refractivity contribution in [3.05, 3.63) is 48.4 Å². The van der Waals surface area contributed by atoms with Crippen LogP contribution in [0.25, 0.3) is 5.82 Å². The molecule has 5 nitrogen and oxygen atoms in total. The molecule has 2 heterocycles. The molecular weight excluding hydrogens is 278 g/mol. The van der Waals surface area contributed by atoms with Crippen molar-refractivity contribution in [2.75, 3.05) is 6.54 Å². The zero-order valence-electron chi connectivity index (χ0n) is 12.5. The molecule has 0 aromatic carbocycles. The van der Waals surface area contributed by atoms with Gasteiger partial charge in [0.15, 0.2) is 0 Å². The zero-order chi connectivity index (χ0) is 15.4. The number of carbonyl (C=O) groups excluding carboxylic acids is 1. The number of rotatable bonds is 4. The molecule has 0 bridgehead atoms. The summed E-state index contributed by atoms with van der Waals surface area (Å²) in [6.45, 7) is 0.311. The number of hydrogen-bond acceptors (Lipinski definition) is 3. The first-order chi connectivity index (χ1) is 10.7. The van der Waals surface area contributed by atoms with Crippen molar-refractivity contribution in [2.45, 2.75) is 37.7 Å². The fourth-order valence-electron chi connectivity index (χ4n) is 2.89. The van der Waals surface area contributed by atoms with E-state index in [0.717, 1.165) is 31.5 Å². The lowest BCUT2D eigenvalue weighted by molar-refractivity contribution is 0.00525. The summed E-state index contributed by atoms with van der Waals surface area (Å²) in [5, 5.41) is 13.2. The Morgan fingerprint density at radius 3 is 2.59 bits per heavy atom. The summed E-state index contributed by atoms with van der Waals surface area (Å²) in [7, 11) is 0. The maximum Gasteiger partial charge on any atom is 0.252 e. The third kappa shape index (κ3) is 3.36. The molecule has 1 aliphatic carbocycles. The van der Waals surface area contributed by atoms with Crippen molar-refractivity contribution in [1.82, 2.24) is 14.9 Å². The van der Waals surface area contributed by atoms with Crippen LogP contribution in [0.2, 0.25) is 0 Å². The van der Waals surface area contributed by atoms with Gasteiger partial charge in [-0.1, -0.05) is 19.3 Å². The minimum Gasteiger partial charge on any atom is -0.388 e. The van der Waals surface area contributed by atoms with Crippen molar-refractivity contribution >= 4 is 5.91 Å². The number of aromatic nitrogens is 2. The summed E-state index contributed by atoms with van der Waals surface area (Å²) in [5.41, 5.74) is -0.234. The number of amides is 1. The summed E-state index contributed by atoms with van der Waals surface area (Å²) in [5.74, 6) is 0.581. The standard InChI is InChI=1S/C17H21N3O2/c21-16(19-13-17(22)8-2-1-3-9-17)14-6-7-15(18-12-14)20-10-4-5-11-20/h4-7,10-12,22H,1-3,8-9,13H2,(H,19,21). The number of nitrogens with one attached hydrogen (secondary N) is 1. The molecule has 1 amide bonds. The molecule has 0 unspecified atom stereocenters. The Hall–Kier alpha value is -2.14. The highest BCUT2D eigenvalue weighted by molar-refractivity contribution is 5.93. The summed E-state index contributed by atoms with van der Waals surface area (Å²) in [4.78, 5) is 16.5. The highest BCUT2D eigenvalue weighted by atomic mass is 16.3. The predicted molar refractivity (Wildman–Crippen MR) is 83.9 cm³/mol. The van der Waals surface area contributed by atoms with Crippen LogP contribution in [0, 0.1) is 0 Å². The van der Waals surface area contributed by atoms with Gasteiger partial charge in [-0.25, -0.2) is 4.98 Å². The van der Waals surface area contributed by atoms with Gasteiger partial charge in [0.25, 0.3) is 5.91 Å². The molecule has 0 atom stereocenters. The first-order valence-electron chi connectivity index (χ1n) is 7.76. The van der Waals surface area contributed by atoms with E-state index in [2.05, 4.69) is 10.3 Å². The average Bonchev–Trinajstić information content (AvgIpc) is 3.08. The van der Waals surface area contributed by atoms with Crippen molar-refractivity contribution in [2.24, 2.45) is 0 Å². The quantitative estimate of drug-likeness (QED) is 0.910. The van der Waals surface area contributed by atoms with Crippen LogP contribution in [0.1, 0.15) is 42.5 Å². The molecule has 2 aromatic heterocycles. The van der Waals surface area contributed by atoms with Gasteiger partial charge in [-0.2, -0.15) is 0 Å². The molecule has 0 spiro atoms. The Morgan fingerprint density at radius 2 is 1.95 bits per heavy atom. The maximum absolute atomic E-state index is 12.2. The number of pyridine rings is 1. The van der Waals surface area contributed by atoms with E-state index in [1.54, 1.807) is 12.3 Å². The van der Waals surface area contributed by atoms with Gasteiger partial charge < -0.3 is 15.0 Å². The second-order valence-electron chi connectivity index (χ2n) is 5.96. The van der Waals surface area contributed by atoms with Crippen LogP contribution >= 0.6 is 0 Å². The molecule has 0 saturated heterocycles. The Morgan fingerprint density at radius 1 is 1.23 bits per heavy atom. The van der Waals surface area contributed by atoms with Gasteiger partial charge in [-0.05, 0) is 37.1 Å². The Bertz CT molecular complexity index is 614. The van der Waals surface area contributed by atoms with Gasteiger partial charge in [0.05, 0.1) is 11.2 Å². The molecule has 22 heavy (non-hydrogen) atoms. The third-order valence-electron chi connectivity index (χ3n) is 4.24. The molecule has 2 aromatic rings. The number of carbonyl (C=O) groups is 1. The van der Waals surface area contributed by atoms with Gasteiger partial charge in [0, 0.05) is 25.1 Å². The summed E-state index contributed by atoms with van der Waals surface area (Å²) in [6, 6.07) is 7.41. The molecule has 3 rings (SSSR count). The normalized spacial score (nSPS) is 17.1. The molecule has 0 radical (unpaired) electrons. The smallest absolute Gasteiger partial charge is 0.252 e. The van der Waals surface area contributed by atoms with E-state index in [-0.39, 0.29) is 5.91 Å². The molecule has 2 N–H and O–H groups in total. The van der Waals surface area contributed by atoms with Crippen LogP contribution in [0.3, 0.4) is 0 Å². The Labute approximate surface area is 130 Å². The minimum absolute atomic E-state index is 0.189. The SMILES string of the molecule is O=C(NCC1(O)CCCCC1)c1ccc(-n2cccc2)nc1. The Balaban J connectivity index is 1.60. The van der Waals surface area contributed by atoms with Crippen LogP contribution in [-0.2, 0) is 0 Å². The molecule has 1 fully saturated rings. The monoisotopic (exact) mass is 299 g/mol. The zero-order valence-corrected chi connectivity index (χ0v) is 12.5. The Kier molecular flexibility index (Phi) is 4.24. The fourth-order valence-corrected chi connectivity index (χ4v) is 2.89. The lowest BCUT2D eigenvalue weighted by Gasteiger charge is -2.32. The second-order valence-corrected chi connectivity index (χ2v) is 5.96. The predicted octanol–water partition coefficient (Wildman–Crippen LogP) is 2.30. The lowest BCUT2D eigenvalue weighted by Crippen LogP contribution is -2.44. The molecule has 1 saturated carbocycles. The van der Waals surface area contributed by atoms with Crippen LogP contribution in [0.5, 0.6) is 0 Å². The average molecular weight is 299 g/mol. The van der Waals surface area contributed by atoms with Gasteiger partial charge >= 0.3 is 0 Å². The van der Waals surface area contributed by atoms with Crippen molar-refractivity contribution < 1.29 is 9.90 Å². The topological polar surface area (TPSA) is 67.2 Å². The first-order valence-corrected chi connectivity index (χ1v) is 7.76. The van der Waals surface area contributed by atoms with E-state index in [9.17, 15) is 9.90 Å². The van der Waals surface area contributed by atoms with Gasteiger partial charge in [-0.3, -0.25) is 4.79 Å². The summed E-state index contributed by atoms with van der Waals surface area (Å²) in [6.07, 6.45) is 10.1. The van der Waals surface area contributed by atoms with E-state index in [4.69, 9.17) is 0 Å². The van der Waals surface area contributed by atoms with Gasteiger partial charge in [0.2, 0.25) is 0 Å². The van der Waals surface area contributed by atoms with E-state index in [0.29, 0.717) is 12.1 Å². The fraction of sp³-hybridized carbons (Fsp3) is 0.412. The number of hydrogen-bond donors (Lipinski definition) is 2. The molecule has 1 aliphatic rings. The van der Waals surface area contributed by atoms with E-state index in [1.807, 2.05) is 35.2 Å². The van der Waals surface area contributed by atoms with Crippen LogP contribution in [-0.4, -0.2) is 32.7 Å². The summed E-state index contributed by atoms with van der Waals surface area (Å²) >= 11 is 0. The minimum atomic E-state index is -0.744. The van der Waals surface area contributed by atoms with E-state index < -0.39 is 5.60 Å². The van der Waals surface area contributed by atoms with Gasteiger partial charge in [0.1, 0.15) is 5.82 Å². The summed E-state index contributed by atoms with van der Waals surface area (Å²) < 4.78 is 1.88. The molecule has 0 aliphatic heterocycles. The van der Waals surface area contributed by atoms with Gasteiger partial charge in [-0.15, -0.1) is 0 Å². The van der Waals surface area contributed by atoms with E-state index in [1.165, 1.54) is 6.42 Å². The number of nitrogens with zero attached hydrogens (tertiary/aromatic N) is 2. The van der Waals surface area contributed by atoms with Crippen LogP contribution < -0.4 is 5.32 Å². The van der Waals surface area contributed by atoms with Crippen molar-refractivity contribution in [1.29, 1.82) is 0 Å². The van der Waals surface area contributed by atoms with Crippen LogP contribution in [0.15, 0.2) is 42.9 Å². The number of aliphatic hydroxyl groups is 1. The molecule has 116 valence electrons. The maximum atomic E-state index is 12.2. The highest BCUT2D eigenvalue weighted by Crippen LogP contribution is 2.27. The largest absolute Gasteiger partial charge is 0.388 e. The third-order valence-corrected chi connectivity index (χ3v) is 4.24.